The molecule has 0 fully saturated rings. The fraction of sp³-hybridized carbons (Fsp3) is 0.0667. The summed E-state index contributed by atoms with van der Waals surface area (Å²) in [6, 6.07) is 13.2. The number of benzene rings is 1. The van der Waals surface area contributed by atoms with Gasteiger partial charge in [-0.1, -0.05) is 12.1 Å². The van der Waals surface area contributed by atoms with Crippen LogP contribution in [0.3, 0.4) is 0 Å². The van der Waals surface area contributed by atoms with Crippen LogP contribution < -0.4 is 4.74 Å². The van der Waals surface area contributed by atoms with Gasteiger partial charge in [0.2, 0.25) is 5.76 Å². The molecule has 3 rings (SSSR count). The third-order valence-corrected chi connectivity index (χ3v) is 3.27. The molecule has 1 aromatic carbocycles. The lowest BCUT2D eigenvalue weighted by molar-refractivity contribution is 0.299. The minimum atomic E-state index is 0.184. The van der Waals surface area contributed by atoms with Crippen molar-refractivity contribution in [1.29, 1.82) is 5.26 Å². The lowest BCUT2D eigenvalue weighted by Crippen LogP contribution is -1.98. The molecule has 5 heteroatoms. The van der Waals surface area contributed by atoms with E-state index < -0.39 is 0 Å². The molecule has 0 saturated heterocycles. The Balaban J connectivity index is 1.90. The van der Waals surface area contributed by atoms with Crippen molar-refractivity contribution in [3.8, 4) is 11.8 Å². The molecule has 0 radical (unpaired) electrons. The van der Waals surface area contributed by atoms with Crippen LogP contribution in [0.4, 0.5) is 0 Å². The van der Waals surface area contributed by atoms with Gasteiger partial charge in [0, 0.05) is 10.7 Å². The number of fused-ring (bicyclic) bond motifs is 1. The number of halogens is 1. The van der Waals surface area contributed by atoms with Crippen molar-refractivity contribution in [2.24, 2.45) is 0 Å². The highest BCUT2D eigenvalue weighted by Crippen LogP contribution is 2.32. The fourth-order valence-corrected chi connectivity index (χ4v) is 2.11. The molecule has 0 amide bonds. The maximum Gasteiger partial charge on any atom is 0.246 e. The summed E-state index contributed by atoms with van der Waals surface area (Å²) in [5.41, 5.74) is 1.42. The van der Waals surface area contributed by atoms with E-state index in [0.717, 1.165) is 15.6 Å². The monoisotopic (exact) mass is 328 g/mol. The SMILES string of the molecule is N#Cc1oc2ccccc2c1OCc1ccc(Br)cn1. The Kier molecular flexibility index (Phi) is 3.40. The van der Waals surface area contributed by atoms with E-state index in [-0.39, 0.29) is 12.4 Å². The van der Waals surface area contributed by atoms with Crippen molar-refractivity contribution in [1.82, 2.24) is 4.98 Å². The molecule has 0 N–H and O–H groups in total. The van der Waals surface area contributed by atoms with Crippen molar-refractivity contribution < 1.29 is 9.15 Å². The second-order valence-electron chi connectivity index (χ2n) is 4.12. The van der Waals surface area contributed by atoms with Crippen LogP contribution in [0, 0.1) is 11.3 Å². The highest BCUT2D eigenvalue weighted by molar-refractivity contribution is 9.10. The van der Waals surface area contributed by atoms with Crippen LogP contribution in [0.1, 0.15) is 11.5 Å². The quantitative estimate of drug-likeness (QED) is 0.728. The molecular weight excluding hydrogens is 320 g/mol. The molecule has 20 heavy (non-hydrogen) atoms. The second kappa shape index (κ2) is 5.35. The third kappa shape index (κ3) is 2.38. The molecule has 0 atom stereocenters. The summed E-state index contributed by atoms with van der Waals surface area (Å²) >= 11 is 3.33. The van der Waals surface area contributed by atoms with Gasteiger partial charge >= 0.3 is 0 Å². The van der Waals surface area contributed by atoms with Crippen molar-refractivity contribution in [3.63, 3.8) is 0 Å². The average molecular weight is 329 g/mol. The number of furan rings is 1. The normalized spacial score (nSPS) is 10.4. The summed E-state index contributed by atoms with van der Waals surface area (Å²) in [7, 11) is 0. The lowest BCUT2D eigenvalue weighted by Gasteiger charge is -2.04. The summed E-state index contributed by atoms with van der Waals surface area (Å²) in [5.74, 6) is 0.649. The minimum Gasteiger partial charge on any atom is -0.482 e. The molecule has 2 heterocycles. The van der Waals surface area contributed by atoms with Crippen molar-refractivity contribution in [3.05, 3.63) is 58.5 Å². The topological polar surface area (TPSA) is 59.0 Å². The molecule has 0 aliphatic heterocycles. The second-order valence-corrected chi connectivity index (χ2v) is 5.04. The molecule has 3 aromatic rings. The molecule has 0 unspecified atom stereocenters. The van der Waals surface area contributed by atoms with Crippen LogP contribution >= 0.6 is 15.9 Å². The Morgan fingerprint density at radius 2 is 2.10 bits per heavy atom. The van der Waals surface area contributed by atoms with Crippen LogP contribution in [0.2, 0.25) is 0 Å². The van der Waals surface area contributed by atoms with Gasteiger partial charge in [0.25, 0.3) is 0 Å². The molecule has 0 spiro atoms. The van der Waals surface area contributed by atoms with Gasteiger partial charge in [0.15, 0.2) is 5.75 Å². The van der Waals surface area contributed by atoms with Gasteiger partial charge in [0.05, 0.1) is 11.1 Å². The number of rotatable bonds is 3. The first-order valence-electron chi connectivity index (χ1n) is 5.93. The van der Waals surface area contributed by atoms with E-state index in [0.29, 0.717) is 11.3 Å². The van der Waals surface area contributed by atoms with Gasteiger partial charge in [-0.05, 0) is 40.2 Å². The van der Waals surface area contributed by atoms with E-state index in [2.05, 4.69) is 20.9 Å². The predicted molar refractivity (Wildman–Crippen MR) is 77.2 cm³/mol. The van der Waals surface area contributed by atoms with Crippen LogP contribution in [0.15, 0.2) is 51.5 Å². The van der Waals surface area contributed by atoms with E-state index in [1.807, 2.05) is 36.4 Å². The first kappa shape index (κ1) is 12.7. The van der Waals surface area contributed by atoms with Crippen molar-refractivity contribution >= 4 is 26.9 Å². The van der Waals surface area contributed by atoms with E-state index in [4.69, 9.17) is 14.4 Å². The van der Waals surface area contributed by atoms with Crippen LogP contribution in [0.5, 0.6) is 5.75 Å². The Labute approximate surface area is 123 Å². The maximum absolute atomic E-state index is 9.11. The largest absolute Gasteiger partial charge is 0.482 e. The van der Waals surface area contributed by atoms with Crippen molar-refractivity contribution in [2.75, 3.05) is 0 Å². The number of pyridine rings is 1. The fourth-order valence-electron chi connectivity index (χ4n) is 1.88. The molecule has 0 saturated carbocycles. The van der Waals surface area contributed by atoms with Crippen LogP contribution in [0.25, 0.3) is 11.0 Å². The Bertz CT molecular complexity index is 788. The van der Waals surface area contributed by atoms with Gasteiger partial charge in [-0.15, -0.1) is 0 Å². The molecule has 2 aromatic heterocycles. The summed E-state index contributed by atoms with van der Waals surface area (Å²) in [5, 5.41) is 9.90. The number of para-hydroxylation sites is 1. The average Bonchev–Trinajstić information content (AvgIpc) is 2.84. The lowest BCUT2D eigenvalue weighted by atomic mass is 10.2. The van der Waals surface area contributed by atoms with Gasteiger partial charge in [-0.3, -0.25) is 4.98 Å². The summed E-state index contributed by atoms with van der Waals surface area (Å²) in [6.07, 6.45) is 1.71. The zero-order valence-corrected chi connectivity index (χ0v) is 11.9. The highest BCUT2D eigenvalue weighted by atomic mass is 79.9. The molecular formula is C15H9BrN2O2. The molecule has 0 aliphatic rings. The number of hydrogen-bond donors (Lipinski definition) is 0. The van der Waals surface area contributed by atoms with Gasteiger partial charge in [0.1, 0.15) is 18.3 Å². The number of ether oxygens (including phenoxy) is 1. The van der Waals surface area contributed by atoms with Gasteiger partial charge in [-0.2, -0.15) is 5.26 Å². The number of hydrogen-bond acceptors (Lipinski definition) is 4. The minimum absolute atomic E-state index is 0.184. The first-order chi connectivity index (χ1) is 9.78. The van der Waals surface area contributed by atoms with Gasteiger partial charge < -0.3 is 9.15 Å². The summed E-state index contributed by atoms with van der Waals surface area (Å²) in [6.45, 7) is 0.283. The third-order valence-electron chi connectivity index (χ3n) is 2.80. The summed E-state index contributed by atoms with van der Waals surface area (Å²) in [4.78, 5) is 4.23. The Morgan fingerprint density at radius 1 is 1.25 bits per heavy atom. The Hall–Kier alpha value is -2.32. The standard InChI is InChI=1S/C15H9BrN2O2/c16-10-5-6-11(18-8-10)9-19-15-12-3-1-2-4-13(12)20-14(15)7-17/h1-6,8H,9H2. The maximum atomic E-state index is 9.11. The molecule has 4 nitrogen and oxygen atoms in total. The Morgan fingerprint density at radius 3 is 2.85 bits per heavy atom. The van der Waals surface area contributed by atoms with Crippen LogP contribution in [-0.2, 0) is 6.61 Å². The number of aromatic nitrogens is 1. The van der Waals surface area contributed by atoms with E-state index in [1.165, 1.54) is 0 Å². The number of nitriles is 1. The highest BCUT2D eigenvalue weighted by Gasteiger charge is 2.15. The van der Waals surface area contributed by atoms with E-state index in [9.17, 15) is 0 Å². The smallest absolute Gasteiger partial charge is 0.246 e. The first-order valence-corrected chi connectivity index (χ1v) is 6.72. The number of nitrogens with zero attached hydrogens (tertiary/aromatic N) is 2. The zero-order chi connectivity index (χ0) is 13.9. The molecule has 98 valence electrons. The van der Waals surface area contributed by atoms with Gasteiger partial charge in [-0.25, -0.2) is 0 Å². The predicted octanol–water partition coefficient (Wildman–Crippen LogP) is 4.04. The molecule has 0 aliphatic carbocycles. The van der Waals surface area contributed by atoms with Crippen molar-refractivity contribution in [2.45, 2.75) is 6.61 Å². The zero-order valence-electron chi connectivity index (χ0n) is 10.3. The summed E-state index contributed by atoms with van der Waals surface area (Å²) < 4.78 is 12.1. The van der Waals surface area contributed by atoms with Crippen LogP contribution in [-0.4, -0.2) is 4.98 Å². The molecule has 0 bridgehead atoms. The van der Waals surface area contributed by atoms with E-state index in [1.54, 1.807) is 12.3 Å². The van der Waals surface area contributed by atoms with E-state index >= 15 is 0 Å².